The minimum absolute atomic E-state index is 0.00726. The van der Waals surface area contributed by atoms with E-state index < -0.39 is 23.7 Å². The quantitative estimate of drug-likeness (QED) is 0.238. The van der Waals surface area contributed by atoms with Crippen molar-refractivity contribution in [3.63, 3.8) is 0 Å². The second-order valence-corrected chi connectivity index (χ2v) is 10.7. The molecular weight excluding hydrogens is 551 g/mol. The zero-order valence-electron chi connectivity index (χ0n) is 23.4. The van der Waals surface area contributed by atoms with Crippen molar-refractivity contribution in [3.8, 4) is 22.9 Å². The van der Waals surface area contributed by atoms with Gasteiger partial charge in [-0.25, -0.2) is 0 Å². The summed E-state index contributed by atoms with van der Waals surface area (Å²) in [7, 11) is 1.53. The largest absolute Gasteiger partial charge is 0.497 e. The number of amides is 1. The van der Waals surface area contributed by atoms with Crippen LogP contribution in [0.1, 0.15) is 79.2 Å². The standard InChI is InChI=1S/C30H34F3N5O4/c1-40-22-12-9-20(10-13-22)27(39)36-29(34)38-16-5-8-24(38)28-35-26(37-42-28)21-11-14-25(23(18-21)30(31,32)33)41-17-15-19-6-3-2-4-7-19/h9-14,18-19,24H,2-8,15-17H2,1H3,(H2,34,36,39)/t24-/m0/s1. The smallest absolute Gasteiger partial charge is 0.419 e. The molecule has 1 saturated carbocycles. The number of carbonyl (C=O) groups is 1. The van der Waals surface area contributed by atoms with Crippen LogP contribution in [0.15, 0.2) is 52.0 Å². The van der Waals surface area contributed by atoms with Crippen molar-refractivity contribution in [2.75, 3.05) is 20.3 Å². The van der Waals surface area contributed by atoms with Gasteiger partial charge in [0.25, 0.3) is 5.91 Å². The summed E-state index contributed by atoms with van der Waals surface area (Å²) >= 11 is 0. The fourth-order valence-electron chi connectivity index (χ4n) is 5.58. The normalized spacial score (nSPS) is 18.3. The van der Waals surface area contributed by atoms with Crippen LogP contribution in [0, 0.1) is 5.92 Å². The zero-order chi connectivity index (χ0) is 29.7. The average molecular weight is 586 g/mol. The van der Waals surface area contributed by atoms with Gasteiger partial charge in [-0.15, -0.1) is 0 Å². The fourth-order valence-corrected chi connectivity index (χ4v) is 5.58. The third-order valence-corrected chi connectivity index (χ3v) is 7.88. The molecule has 2 heterocycles. The minimum atomic E-state index is -4.62. The number of alkyl halides is 3. The summed E-state index contributed by atoms with van der Waals surface area (Å²) in [5.74, 6) is 0.562. The highest BCUT2D eigenvalue weighted by Gasteiger charge is 2.36. The van der Waals surface area contributed by atoms with E-state index in [2.05, 4.69) is 15.1 Å². The van der Waals surface area contributed by atoms with Gasteiger partial charge in [-0.3, -0.25) is 4.79 Å². The number of hydrogen-bond acceptors (Lipinski definition) is 6. The van der Waals surface area contributed by atoms with Gasteiger partial charge in [-0.2, -0.15) is 23.1 Å². The van der Waals surface area contributed by atoms with Crippen molar-refractivity contribution in [2.24, 2.45) is 16.6 Å². The molecular formula is C30H34F3N5O4. The van der Waals surface area contributed by atoms with Crippen LogP contribution in [0.25, 0.3) is 11.4 Å². The van der Waals surface area contributed by atoms with Gasteiger partial charge in [0.1, 0.15) is 17.5 Å². The van der Waals surface area contributed by atoms with E-state index in [1.54, 1.807) is 29.2 Å². The lowest BCUT2D eigenvalue weighted by Gasteiger charge is -2.22. The number of halogens is 3. The molecule has 1 amide bonds. The van der Waals surface area contributed by atoms with Crippen molar-refractivity contribution in [1.29, 1.82) is 0 Å². The highest BCUT2D eigenvalue weighted by Crippen LogP contribution is 2.39. The van der Waals surface area contributed by atoms with Crippen LogP contribution in [-0.4, -0.2) is 47.2 Å². The van der Waals surface area contributed by atoms with Crippen LogP contribution >= 0.6 is 0 Å². The lowest BCUT2D eigenvalue weighted by molar-refractivity contribution is -0.138. The van der Waals surface area contributed by atoms with E-state index in [0.29, 0.717) is 30.2 Å². The number of rotatable bonds is 8. The van der Waals surface area contributed by atoms with Crippen LogP contribution in [0.4, 0.5) is 13.2 Å². The summed E-state index contributed by atoms with van der Waals surface area (Å²) in [6.07, 6.45) is 3.19. The Labute approximate surface area is 241 Å². The van der Waals surface area contributed by atoms with Gasteiger partial charge in [-0.05, 0) is 67.6 Å². The first-order valence-electron chi connectivity index (χ1n) is 14.2. The molecule has 224 valence electrons. The number of likely N-dealkylation sites (tertiary alicyclic amines) is 1. The Balaban J connectivity index is 1.29. The third kappa shape index (κ3) is 6.85. The molecule has 2 aromatic carbocycles. The monoisotopic (exact) mass is 585 g/mol. The number of nitrogens with zero attached hydrogens (tertiary/aromatic N) is 4. The number of hydrogen-bond donors (Lipinski definition) is 1. The summed E-state index contributed by atoms with van der Waals surface area (Å²) in [5.41, 5.74) is 5.80. The van der Waals surface area contributed by atoms with Gasteiger partial charge in [0.15, 0.2) is 5.96 Å². The lowest BCUT2D eigenvalue weighted by Crippen LogP contribution is -2.37. The number of aromatic nitrogens is 2. The van der Waals surface area contributed by atoms with E-state index >= 15 is 0 Å². The average Bonchev–Trinajstić information content (AvgIpc) is 3.68. The van der Waals surface area contributed by atoms with E-state index in [4.69, 9.17) is 19.7 Å². The lowest BCUT2D eigenvalue weighted by atomic mass is 9.87. The molecule has 1 atom stereocenters. The number of aliphatic imine (C=N–C) groups is 1. The van der Waals surface area contributed by atoms with Crippen molar-refractivity contribution in [3.05, 3.63) is 59.5 Å². The Kier molecular flexibility index (Phi) is 8.98. The Bertz CT molecular complexity index is 1400. The first-order chi connectivity index (χ1) is 20.2. The molecule has 2 N–H and O–H groups in total. The fraction of sp³-hybridized carbons (Fsp3) is 0.467. The molecule has 2 aliphatic rings. The molecule has 9 nitrogen and oxygen atoms in total. The van der Waals surface area contributed by atoms with Crippen LogP contribution in [-0.2, 0) is 6.18 Å². The molecule has 0 bridgehead atoms. The highest BCUT2D eigenvalue weighted by molar-refractivity contribution is 6.02. The summed E-state index contributed by atoms with van der Waals surface area (Å²) in [6, 6.07) is 9.80. The molecule has 2 fully saturated rings. The molecule has 1 aliphatic heterocycles. The maximum Gasteiger partial charge on any atom is 0.419 e. The minimum Gasteiger partial charge on any atom is -0.497 e. The molecule has 12 heteroatoms. The van der Waals surface area contributed by atoms with Crippen LogP contribution in [0.5, 0.6) is 11.5 Å². The first-order valence-corrected chi connectivity index (χ1v) is 14.2. The SMILES string of the molecule is COc1ccc(C(=O)N=C(N)N2CCC[C@H]2c2nc(-c3ccc(OCCC4CCCCC4)c(C(F)(F)F)c3)no2)cc1. The predicted molar refractivity (Wildman–Crippen MR) is 149 cm³/mol. The molecule has 0 unspecified atom stereocenters. The molecule has 5 rings (SSSR count). The Morgan fingerprint density at radius 1 is 1.10 bits per heavy atom. The van der Waals surface area contributed by atoms with Gasteiger partial charge in [0.05, 0.1) is 19.3 Å². The Morgan fingerprint density at radius 2 is 1.86 bits per heavy atom. The molecule has 3 aromatic rings. The van der Waals surface area contributed by atoms with E-state index in [-0.39, 0.29) is 35.6 Å². The number of methoxy groups -OCH3 is 1. The Morgan fingerprint density at radius 3 is 2.57 bits per heavy atom. The van der Waals surface area contributed by atoms with Crippen LogP contribution < -0.4 is 15.2 Å². The highest BCUT2D eigenvalue weighted by atomic mass is 19.4. The van der Waals surface area contributed by atoms with Gasteiger partial charge < -0.3 is 24.6 Å². The predicted octanol–water partition coefficient (Wildman–Crippen LogP) is 6.41. The molecule has 1 aromatic heterocycles. The number of nitrogens with two attached hydrogens (primary N) is 1. The maximum absolute atomic E-state index is 14.0. The van der Waals surface area contributed by atoms with E-state index in [1.165, 1.54) is 38.5 Å². The summed E-state index contributed by atoms with van der Waals surface area (Å²) in [5, 5.41) is 3.95. The summed E-state index contributed by atoms with van der Waals surface area (Å²) < 4.78 is 58.1. The molecule has 42 heavy (non-hydrogen) atoms. The summed E-state index contributed by atoms with van der Waals surface area (Å²) in [6.45, 7) is 0.736. The zero-order valence-corrected chi connectivity index (χ0v) is 23.4. The van der Waals surface area contributed by atoms with Gasteiger partial charge in [0.2, 0.25) is 11.7 Å². The molecule has 0 spiro atoms. The number of benzene rings is 2. The number of ether oxygens (including phenoxy) is 2. The molecule has 0 radical (unpaired) electrons. The van der Waals surface area contributed by atoms with Gasteiger partial charge in [-0.1, -0.05) is 37.3 Å². The van der Waals surface area contributed by atoms with E-state index in [1.807, 2.05) is 0 Å². The van der Waals surface area contributed by atoms with Gasteiger partial charge in [0, 0.05) is 17.7 Å². The van der Waals surface area contributed by atoms with Crippen molar-refractivity contribution in [1.82, 2.24) is 15.0 Å². The van der Waals surface area contributed by atoms with Crippen molar-refractivity contribution in [2.45, 2.75) is 63.6 Å². The van der Waals surface area contributed by atoms with E-state index in [0.717, 1.165) is 31.7 Å². The van der Waals surface area contributed by atoms with Crippen molar-refractivity contribution >= 4 is 11.9 Å². The molecule has 1 saturated heterocycles. The number of guanidine groups is 1. The second-order valence-electron chi connectivity index (χ2n) is 10.7. The second kappa shape index (κ2) is 12.8. The van der Waals surface area contributed by atoms with Crippen LogP contribution in [0.3, 0.4) is 0 Å². The summed E-state index contributed by atoms with van der Waals surface area (Å²) in [4.78, 5) is 22.8. The Hall–Kier alpha value is -4.09. The topological polar surface area (TPSA) is 116 Å². The van der Waals surface area contributed by atoms with Crippen LogP contribution in [0.2, 0.25) is 0 Å². The third-order valence-electron chi connectivity index (χ3n) is 7.88. The van der Waals surface area contributed by atoms with Crippen molar-refractivity contribution < 1.29 is 32.0 Å². The maximum atomic E-state index is 14.0. The first kappa shape index (κ1) is 29.4. The van der Waals surface area contributed by atoms with E-state index in [9.17, 15) is 18.0 Å². The molecule has 1 aliphatic carbocycles. The number of carbonyl (C=O) groups excluding carboxylic acids is 1. The van der Waals surface area contributed by atoms with Gasteiger partial charge >= 0.3 is 6.18 Å².